The van der Waals surface area contributed by atoms with Gasteiger partial charge in [0.2, 0.25) is 0 Å². The zero-order chi connectivity index (χ0) is 29.6. The van der Waals surface area contributed by atoms with Crippen LogP contribution in [0.3, 0.4) is 0 Å². The Morgan fingerprint density at radius 3 is 2.62 bits per heavy atom. The van der Waals surface area contributed by atoms with Crippen LogP contribution in [-0.2, 0) is 6.54 Å². The molecular weight excluding hydrogens is 546 g/mol. The van der Waals surface area contributed by atoms with Gasteiger partial charge in [0.1, 0.15) is 5.82 Å². The van der Waals surface area contributed by atoms with E-state index < -0.39 is 0 Å². The number of rotatable bonds is 6. The Balaban J connectivity index is 1.46. The summed E-state index contributed by atoms with van der Waals surface area (Å²) in [5.74, 6) is 3.76. The molecule has 8 nitrogen and oxygen atoms in total. The van der Waals surface area contributed by atoms with Crippen molar-refractivity contribution in [2.24, 2.45) is 4.99 Å². The van der Waals surface area contributed by atoms with Crippen molar-refractivity contribution in [2.75, 3.05) is 31.5 Å². The van der Waals surface area contributed by atoms with Gasteiger partial charge in [-0.1, -0.05) is 23.7 Å². The van der Waals surface area contributed by atoms with Crippen molar-refractivity contribution in [3.05, 3.63) is 99.7 Å². The summed E-state index contributed by atoms with van der Waals surface area (Å²) >= 11 is 6.57. The molecule has 2 aliphatic rings. The van der Waals surface area contributed by atoms with Crippen molar-refractivity contribution in [3.63, 3.8) is 0 Å². The maximum absolute atomic E-state index is 13.1. The van der Waals surface area contributed by atoms with Gasteiger partial charge in [0.25, 0.3) is 0 Å². The van der Waals surface area contributed by atoms with Gasteiger partial charge in [-0.2, -0.15) is 5.26 Å². The molecule has 1 saturated heterocycles. The Bertz CT molecular complexity index is 1640. The Labute approximate surface area is 251 Å². The molecule has 1 aliphatic carbocycles. The number of hydrogen-bond acceptors (Lipinski definition) is 5. The molecule has 1 unspecified atom stereocenters. The fourth-order valence-electron chi connectivity index (χ4n) is 5.54. The van der Waals surface area contributed by atoms with Gasteiger partial charge >= 0.3 is 6.03 Å². The van der Waals surface area contributed by atoms with Crippen LogP contribution in [0.2, 0.25) is 5.02 Å². The number of nitrogens with one attached hydrogen (secondary N) is 1. The van der Waals surface area contributed by atoms with Crippen LogP contribution in [0.4, 0.5) is 10.5 Å². The SMILES string of the molecule is C#CCC1=C(N=CC)C(N2CCN(C(=O)Nc3ccc(C#N)cc3)CC2)c2ccc(Cl)cc2C(Cn2ccnc2C)=C1. The maximum atomic E-state index is 13.1. The van der Waals surface area contributed by atoms with Crippen LogP contribution in [0.1, 0.15) is 41.9 Å². The third-order valence-corrected chi connectivity index (χ3v) is 7.88. The number of piperazine rings is 1. The standard InChI is InChI=1S/C33H32ClN7O/c1-4-6-25-19-26(22-41-14-13-37-23(41)3)30-20-27(34)9-12-29(30)32(31(25)36-5-2)39-15-17-40(18-16-39)33(42)38-28-10-7-24(21-35)8-11-28/h1,5,7-14,19-20,32H,6,15-18,22H2,2-3H3,(H,38,42). The molecule has 0 spiro atoms. The van der Waals surface area contributed by atoms with Gasteiger partial charge in [-0.25, -0.2) is 9.78 Å². The first-order valence-electron chi connectivity index (χ1n) is 13.8. The molecule has 2 aromatic carbocycles. The van der Waals surface area contributed by atoms with E-state index in [0.717, 1.165) is 33.8 Å². The minimum atomic E-state index is -0.168. The van der Waals surface area contributed by atoms with Crippen molar-refractivity contribution >= 4 is 35.1 Å². The van der Waals surface area contributed by atoms with E-state index in [0.29, 0.717) is 55.4 Å². The number of aryl methyl sites for hydroxylation is 1. The maximum Gasteiger partial charge on any atom is 0.321 e. The molecule has 1 N–H and O–H groups in total. The van der Waals surface area contributed by atoms with Crippen molar-refractivity contribution < 1.29 is 4.79 Å². The van der Waals surface area contributed by atoms with Gasteiger partial charge < -0.3 is 14.8 Å². The van der Waals surface area contributed by atoms with Crippen molar-refractivity contribution in [1.29, 1.82) is 5.26 Å². The minimum absolute atomic E-state index is 0.164. The van der Waals surface area contributed by atoms with Crippen LogP contribution >= 0.6 is 11.6 Å². The highest BCUT2D eigenvalue weighted by molar-refractivity contribution is 6.30. The smallest absolute Gasteiger partial charge is 0.321 e. The third kappa shape index (κ3) is 6.16. The molecule has 212 valence electrons. The number of carbonyl (C=O) groups excluding carboxylic acids is 1. The molecule has 0 bridgehead atoms. The number of benzene rings is 2. The normalized spacial score (nSPS) is 17.3. The zero-order valence-corrected chi connectivity index (χ0v) is 24.5. The lowest BCUT2D eigenvalue weighted by Gasteiger charge is -2.40. The number of fused-ring (bicyclic) bond motifs is 1. The van der Waals surface area contributed by atoms with Crippen molar-refractivity contribution in [2.45, 2.75) is 32.9 Å². The van der Waals surface area contributed by atoms with Crippen molar-refractivity contribution in [1.82, 2.24) is 19.4 Å². The summed E-state index contributed by atoms with van der Waals surface area (Å²) in [7, 11) is 0. The number of terminal acetylenes is 1. The van der Waals surface area contributed by atoms with E-state index in [1.165, 1.54) is 0 Å². The Hall–Kier alpha value is -4.63. The molecule has 2 heterocycles. The fourth-order valence-corrected chi connectivity index (χ4v) is 5.71. The first kappa shape index (κ1) is 28.9. The first-order chi connectivity index (χ1) is 20.4. The van der Waals surface area contributed by atoms with Crippen LogP contribution in [0.5, 0.6) is 0 Å². The van der Waals surface area contributed by atoms with E-state index in [1.54, 1.807) is 30.5 Å². The lowest BCUT2D eigenvalue weighted by atomic mass is 9.93. The van der Waals surface area contributed by atoms with E-state index >= 15 is 0 Å². The van der Waals surface area contributed by atoms with Gasteiger partial charge in [0.15, 0.2) is 0 Å². The molecule has 2 amide bonds. The molecule has 3 aromatic rings. The molecule has 1 aromatic heterocycles. The number of aliphatic imine (C=N–C) groups is 1. The Kier molecular flexibility index (Phi) is 8.88. The fraction of sp³-hybridized carbons (Fsp3) is 0.273. The summed E-state index contributed by atoms with van der Waals surface area (Å²) in [4.78, 5) is 26.6. The largest absolute Gasteiger partial charge is 0.331 e. The molecule has 1 atom stereocenters. The predicted molar refractivity (Wildman–Crippen MR) is 167 cm³/mol. The van der Waals surface area contributed by atoms with Gasteiger partial charge in [0.05, 0.1) is 23.4 Å². The number of hydrogen-bond donors (Lipinski definition) is 1. The monoisotopic (exact) mass is 577 g/mol. The Morgan fingerprint density at radius 2 is 1.98 bits per heavy atom. The summed E-state index contributed by atoms with van der Waals surface area (Å²) in [5.41, 5.74) is 6.35. The number of nitrogens with zero attached hydrogens (tertiary/aromatic N) is 6. The quantitative estimate of drug-likeness (QED) is 0.284. The summed E-state index contributed by atoms with van der Waals surface area (Å²) in [6.45, 7) is 6.90. The lowest BCUT2D eigenvalue weighted by molar-refractivity contribution is 0.124. The molecule has 0 saturated carbocycles. The first-order valence-corrected chi connectivity index (χ1v) is 14.2. The topological polar surface area (TPSA) is 89.5 Å². The molecule has 1 aliphatic heterocycles. The number of halogens is 1. The number of carbonyl (C=O) groups is 1. The number of urea groups is 1. The van der Waals surface area contributed by atoms with Gasteiger partial charge in [-0.3, -0.25) is 9.89 Å². The van der Waals surface area contributed by atoms with Crippen LogP contribution in [0, 0.1) is 30.6 Å². The van der Waals surface area contributed by atoms with Crippen LogP contribution in [-0.4, -0.2) is 57.8 Å². The second-order valence-corrected chi connectivity index (χ2v) is 10.7. The summed E-state index contributed by atoms with van der Waals surface area (Å²) in [5, 5.41) is 12.6. The highest BCUT2D eigenvalue weighted by atomic mass is 35.5. The second kappa shape index (κ2) is 12.9. The van der Waals surface area contributed by atoms with E-state index in [9.17, 15) is 4.79 Å². The van der Waals surface area contributed by atoms with Crippen LogP contribution < -0.4 is 5.32 Å². The summed E-state index contributed by atoms with van der Waals surface area (Å²) in [6, 6.07) is 14.7. The highest BCUT2D eigenvalue weighted by Crippen LogP contribution is 2.42. The molecule has 5 rings (SSSR count). The van der Waals surface area contributed by atoms with Gasteiger partial charge in [-0.15, -0.1) is 12.3 Å². The third-order valence-electron chi connectivity index (χ3n) is 7.65. The average Bonchev–Trinajstić information content (AvgIpc) is 3.36. The van der Waals surface area contributed by atoms with E-state index in [-0.39, 0.29) is 12.1 Å². The summed E-state index contributed by atoms with van der Waals surface area (Å²) < 4.78 is 2.11. The predicted octanol–water partition coefficient (Wildman–Crippen LogP) is 6.07. The number of anilines is 1. The Morgan fingerprint density at radius 1 is 1.21 bits per heavy atom. The zero-order valence-electron chi connectivity index (χ0n) is 23.7. The van der Waals surface area contributed by atoms with Crippen LogP contribution in [0.15, 0.2) is 77.2 Å². The molecule has 1 fully saturated rings. The molecule has 42 heavy (non-hydrogen) atoms. The molecular formula is C33H32ClN7O. The highest BCUT2D eigenvalue weighted by Gasteiger charge is 2.34. The lowest BCUT2D eigenvalue weighted by Crippen LogP contribution is -2.51. The number of aromatic nitrogens is 2. The van der Waals surface area contributed by atoms with E-state index in [4.69, 9.17) is 28.3 Å². The number of amides is 2. The number of allylic oxidation sites excluding steroid dienone is 3. The van der Waals surface area contributed by atoms with Gasteiger partial charge in [-0.05, 0) is 72.5 Å². The van der Waals surface area contributed by atoms with Gasteiger partial charge in [0, 0.05) is 68.5 Å². The van der Waals surface area contributed by atoms with Crippen molar-refractivity contribution in [3.8, 4) is 18.4 Å². The second-order valence-electron chi connectivity index (χ2n) is 10.2. The minimum Gasteiger partial charge on any atom is -0.331 e. The molecule has 0 radical (unpaired) electrons. The summed E-state index contributed by atoms with van der Waals surface area (Å²) in [6.07, 6.45) is 14.1. The van der Waals surface area contributed by atoms with Crippen LogP contribution in [0.25, 0.3) is 5.57 Å². The van der Waals surface area contributed by atoms with E-state index in [2.05, 4.69) is 43.9 Å². The number of imidazole rings is 1. The number of nitriles is 1. The molecule has 9 heteroatoms. The average molecular weight is 578 g/mol. The van der Waals surface area contributed by atoms with E-state index in [1.807, 2.05) is 43.3 Å².